The Morgan fingerprint density at radius 3 is 2.73 bits per heavy atom. The molecule has 0 aromatic carbocycles. The number of rotatable bonds is 3. The van der Waals surface area contributed by atoms with Crippen LogP contribution in [0.3, 0.4) is 0 Å². The quantitative estimate of drug-likeness (QED) is 0.737. The van der Waals surface area contributed by atoms with Crippen LogP contribution in [0.25, 0.3) is 5.65 Å². The minimum atomic E-state index is 0.525. The standard InChI is InChI=1S/C11H16ClN3/c1-8(2)7-14-4-5-15-11(14)10(6-12)9(3)13-15/h4-5,8H,6-7H2,1-3H3. The Morgan fingerprint density at radius 1 is 1.40 bits per heavy atom. The lowest BCUT2D eigenvalue weighted by Crippen LogP contribution is -2.04. The largest absolute Gasteiger partial charge is 0.331 e. The van der Waals surface area contributed by atoms with Gasteiger partial charge in [0.25, 0.3) is 0 Å². The van der Waals surface area contributed by atoms with E-state index in [1.807, 2.05) is 17.6 Å². The van der Waals surface area contributed by atoms with Crippen LogP contribution >= 0.6 is 11.6 Å². The summed E-state index contributed by atoms with van der Waals surface area (Å²) in [6, 6.07) is 0. The Labute approximate surface area is 94.6 Å². The molecular formula is C11H16ClN3. The predicted molar refractivity (Wildman–Crippen MR) is 62.3 cm³/mol. The Hall–Kier alpha value is -0.960. The first kappa shape index (κ1) is 10.6. The molecule has 15 heavy (non-hydrogen) atoms. The number of aryl methyl sites for hydroxylation is 1. The molecule has 0 atom stereocenters. The molecule has 0 saturated carbocycles. The highest BCUT2D eigenvalue weighted by molar-refractivity contribution is 6.17. The van der Waals surface area contributed by atoms with E-state index in [4.69, 9.17) is 11.6 Å². The second-order valence-corrected chi connectivity index (χ2v) is 4.58. The fourth-order valence-electron chi connectivity index (χ4n) is 1.89. The normalized spacial score (nSPS) is 11.8. The van der Waals surface area contributed by atoms with E-state index in [2.05, 4.69) is 29.7 Å². The van der Waals surface area contributed by atoms with Gasteiger partial charge in [0.2, 0.25) is 0 Å². The number of alkyl halides is 1. The van der Waals surface area contributed by atoms with Crippen molar-refractivity contribution in [1.82, 2.24) is 14.2 Å². The first-order valence-electron chi connectivity index (χ1n) is 5.22. The number of fused-ring (bicyclic) bond motifs is 1. The van der Waals surface area contributed by atoms with E-state index >= 15 is 0 Å². The Morgan fingerprint density at radius 2 is 2.13 bits per heavy atom. The lowest BCUT2D eigenvalue weighted by molar-refractivity contribution is 0.533. The number of hydrogen-bond donors (Lipinski definition) is 0. The van der Waals surface area contributed by atoms with E-state index in [1.54, 1.807) is 0 Å². The van der Waals surface area contributed by atoms with Crippen LogP contribution in [-0.2, 0) is 12.4 Å². The van der Waals surface area contributed by atoms with Crippen molar-refractivity contribution < 1.29 is 0 Å². The Balaban J connectivity index is 2.55. The van der Waals surface area contributed by atoms with Gasteiger partial charge in [-0.3, -0.25) is 0 Å². The molecule has 2 heterocycles. The van der Waals surface area contributed by atoms with Gasteiger partial charge in [0.1, 0.15) is 5.65 Å². The summed E-state index contributed by atoms with van der Waals surface area (Å²) in [5, 5.41) is 4.42. The molecular weight excluding hydrogens is 210 g/mol. The van der Waals surface area contributed by atoms with Crippen LogP contribution in [0.2, 0.25) is 0 Å². The fraction of sp³-hybridized carbons (Fsp3) is 0.545. The number of imidazole rings is 1. The van der Waals surface area contributed by atoms with Gasteiger partial charge >= 0.3 is 0 Å². The molecule has 0 bridgehead atoms. The molecule has 3 nitrogen and oxygen atoms in total. The van der Waals surface area contributed by atoms with E-state index in [9.17, 15) is 0 Å². The molecule has 4 heteroatoms. The van der Waals surface area contributed by atoms with Crippen LogP contribution in [0.5, 0.6) is 0 Å². The van der Waals surface area contributed by atoms with Crippen LogP contribution in [0, 0.1) is 12.8 Å². The van der Waals surface area contributed by atoms with Crippen molar-refractivity contribution in [3.63, 3.8) is 0 Å². The van der Waals surface area contributed by atoms with Gasteiger partial charge in [-0.2, -0.15) is 5.10 Å². The van der Waals surface area contributed by atoms with E-state index < -0.39 is 0 Å². The second kappa shape index (κ2) is 3.89. The molecule has 0 spiro atoms. The zero-order valence-corrected chi connectivity index (χ0v) is 10.1. The summed E-state index contributed by atoms with van der Waals surface area (Å²) in [4.78, 5) is 0. The number of hydrogen-bond acceptors (Lipinski definition) is 1. The van der Waals surface area contributed by atoms with Crippen molar-refractivity contribution in [2.24, 2.45) is 5.92 Å². The maximum atomic E-state index is 5.95. The van der Waals surface area contributed by atoms with Gasteiger partial charge in [0.15, 0.2) is 0 Å². The van der Waals surface area contributed by atoms with Gasteiger partial charge in [0, 0.05) is 24.5 Å². The van der Waals surface area contributed by atoms with Gasteiger partial charge in [0.05, 0.1) is 11.6 Å². The summed E-state index contributed by atoms with van der Waals surface area (Å²) in [7, 11) is 0. The lowest BCUT2D eigenvalue weighted by atomic mass is 10.2. The monoisotopic (exact) mass is 225 g/mol. The highest BCUT2D eigenvalue weighted by Gasteiger charge is 2.12. The molecule has 0 radical (unpaired) electrons. The third-order valence-corrected chi connectivity index (χ3v) is 2.80. The third-order valence-electron chi connectivity index (χ3n) is 2.54. The summed E-state index contributed by atoms with van der Waals surface area (Å²) in [5.41, 5.74) is 3.30. The molecule has 0 fully saturated rings. The van der Waals surface area contributed by atoms with Crippen molar-refractivity contribution in [3.8, 4) is 0 Å². The van der Waals surface area contributed by atoms with Crippen LogP contribution in [-0.4, -0.2) is 14.2 Å². The van der Waals surface area contributed by atoms with Crippen molar-refractivity contribution in [3.05, 3.63) is 23.7 Å². The molecule has 0 unspecified atom stereocenters. The van der Waals surface area contributed by atoms with Crippen LogP contribution < -0.4 is 0 Å². The maximum Gasteiger partial charge on any atom is 0.140 e. The minimum absolute atomic E-state index is 0.525. The fourth-order valence-corrected chi connectivity index (χ4v) is 2.20. The summed E-state index contributed by atoms with van der Waals surface area (Å²) in [6.07, 6.45) is 4.05. The first-order chi connectivity index (χ1) is 7.13. The topological polar surface area (TPSA) is 22.2 Å². The summed E-state index contributed by atoms with van der Waals surface area (Å²) >= 11 is 5.95. The molecule has 2 aromatic heterocycles. The van der Waals surface area contributed by atoms with E-state index in [0.29, 0.717) is 11.8 Å². The highest BCUT2D eigenvalue weighted by Crippen LogP contribution is 2.19. The summed E-state index contributed by atoms with van der Waals surface area (Å²) in [5.74, 6) is 1.15. The lowest BCUT2D eigenvalue weighted by Gasteiger charge is -2.07. The third kappa shape index (κ3) is 1.76. The van der Waals surface area contributed by atoms with Crippen molar-refractivity contribution in [2.75, 3.05) is 0 Å². The zero-order valence-electron chi connectivity index (χ0n) is 9.37. The highest BCUT2D eigenvalue weighted by atomic mass is 35.5. The number of aromatic nitrogens is 3. The van der Waals surface area contributed by atoms with Gasteiger partial charge < -0.3 is 4.57 Å². The number of halogens is 1. The Kier molecular flexibility index (Phi) is 2.74. The molecule has 0 aliphatic rings. The number of nitrogens with zero attached hydrogens (tertiary/aromatic N) is 3. The van der Waals surface area contributed by atoms with Gasteiger partial charge in [-0.15, -0.1) is 11.6 Å². The van der Waals surface area contributed by atoms with E-state index in [1.165, 1.54) is 0 Å². The van der Waals surface area contributed by atoms with Gasteiger partial charge in [-0.25, -0.2) is 4.52 Å². The molecule has 2 rings (SSSR count). The van der Waals surface area contributed by atoms with Gasteiger partial charge in [-0.1, -0.05) is 13.8 Å². The first-order valence-corrected chi connectivity index (χ1v) is 5.76. The van der Waals surface area contributed by atoms with Crippen LogP contribution in [0.1, 0.15) is 25.1 Å². The van der Waals surface area contributed by atoms with Crippen LogP contribution in [0.4, 0.5) is 0 Å². The zero-order chi connectivity index (χ0) is 11.0. The maximum absolute atomic E-state index is 5.95. The average Bonchev–Trinajstić information content (AvgIpc) is 2.65. The van der Waals surface area contributed by atoms with Gasteiger partial charge in [-0.05, 0) is 12.8 Å². The summed E-state index contributed by atoms with van der Waals surface area (Å²) in [6.45, 7) is 7.43. The van der Waals surface area contributed by atoms with E-state index in [-0.39, 0.29) is 0 Å². The summed E-state index contributed by atoms with van der Waals surface area (Å²) < 4.78 is 4.14. The molecule has 2 aromatic rings. The van der Waals surface area contributed by atoms with E-state index in [0.717, 1.165) is 23.4 Å². The molecule has 0 N–H and O–H groups in total. The molecule has 0 aliphatic carbocycles. The second-order valence-electron chi connectivity index (χ2n) is 4.31. The predicted octanol–water partition coefficient (Wildman–Crippen LogP) is 2.84. The molecule has 0 saturated heterocycles. The van der Waals surface area contributed by atoms with Crippen molar-refractivity contribution in [2.45, 2.75) is 33.2 Å². The molecule has 82 valence electrons. The minimum Gasteiger partial charge on any atom is -0.331 e. The Bertz CT molecular complexity index is 467. The van der Waals surface area contributed by atoms with Crippen LogP contribution in [0.15, 0.2) is 12.4 Å². The van der Waals surface area contributed by atoms with Crippen molar-refractivity contribution in [1.29, 1.82) is 0 Å². The average molecular weight is 226 g/mol. The smallest absolute Gasteiger partial charge is 0.140 e. The molecule has 0 amide bonds. The SMILES string of the molecule is Cc1nn2ccn(CC(C)C)c2c1CCl. The molecule has 0 aliphatic heterocycles. The van der Waals surface area contributed by atoms with Crippen molar-refractivity contribution >= 4 is 17.2 Å².